The van der Waals surface area contributed by atoms with Gasteiger partial charge in [0.15, 0.2) is 0 Å². The number of carbonyl (C=O) groups is 1. The number of para-hydroxylation sites is 1. The number of rotatable bonds is 6. The molecule has 21 heavy (non-hydrogen) atoms. The Balaban J connectivity index is 2.20. The van der Waals surface area contributed by atoms with Crippen LogP contribution in [0.2, 0.25) is 0 Å². The molecular formula is C18H17NO2. The predicted molar refractivity (Wildman–Crippen MR) is 82.1 cm³/mol. The van der Waals surface area contributed by atoms with E-state index in [4.69, 9.17) is 11.3 Å². The maximum atomic E-state index is 11.8. The molecule has 0 radical (unpaired) electrons. The SMILES string of the molecule is [C-]#[N+]C[C@@H](C(C)=O)c1ccccc1OCc1ccccc1. The molecule has 0 N–H and O–H groups in total. The van der Waals surface area contributed by atoms with Crippen molar-refractivity contribution in [3.63, 3.8) is 0 Å². The summed E-state index contributed by atoms with van der Waals surface area (Å²) in [6.07, 6.45) is 0. The van der Waals surface area contributed by atoms with Crippen LogP contribution in [-0.2, 0) is 11.4 Å². The van der Waals surface area contributed by atoms with Gasteiger partial charge in [0, 0.05) is 5.56 Å². The van der Waals surface area contributed by atoms with Crippen LogP contribution in [-0.4, -0.2) is 12.3 Å². The summed E-state index contributed by atoms with van der Waals surface area (Å²) in [5.41, 5.74) is 1.86. The molecule has 2 aromatic rings. The second-order valence-electron chi connectivity index (χ2n) is 4.82. The summed E-state index contributed by atoms with van der Waals surface area (Å²) in [5, 5.41) is 0. The van der Waals surface area contributed by atoms with Crippen LogP contribution in [0.15, 0.2) is 54.6 Å². The van der Waals surface area contributed by atoms with Gasteiger partial charge in [-0.25, -0.2) is 6.57 Å². The van der Waals surface area contributed by atoms with E-state index in [9.17, 15) is 4.79 Å². The molecule has 0 heterocycles. The lowest BCUT2D eigenvalue weighted by atomic mass is 9.94. The topological polar surface area (TPSA) is 30.7 Å². The van der Waals surface area contributed by atoms with Crippen LogP contribution in [0.3, 0.4) is 0 Å². The number of carbonyl (C=O) groups excluding carboxylic acids is 1. The fraction of sp³-hybridized carbons (Fsp3) is 0.222. The Labute approximate surface area is 125 Å². The summed E-state index contributed by atoms with van der Waals surface area (Å²) in [6.45, 7) is 9.13. The zero-order chi connectivity index (χ0) is 15.1. The monoisotopic (exact) mass is 279 g/mol. The van der Waals surface area contributed by atoms with Gasteiger partial charge >= 0.3 is 0 Å². The van der Waals surface area contributed by atoms with Gasteiger partial charge in [0.05, 0.1) is 0 Å². The van der Waals surface area contributed by atoms with Gasteiger partial charge in [-0.05, 0) is 18.6 Å². The normalized spacial score (nSPS) is 11.4. The second kappa shape index (κ2) is 7.25. The first-order chi connectivity index (χ1) is 10.2. The first-order valence-electron chi connectivity index (χ1n) is 6.81. The van der Waals surface area contributed by atoms with Crippen LogP contribution in [0.4, 0.5) is 0 Å². The molecule has 0 saturated heterocycles. The lowest BCUT2D eigenvalue weighted by Gasteiger charge is -2.15. The average molecular weight is 279 g/mol. The smallest absolute Gasteiger partial charge is 0.228 e. The van der Waals surface area contributed by atoms with E-state index in [1.54, 1.807) is 0 Å². The highest BCUT2D eigenvalue weighted by Gasteiger charge is 2.23. The first kappa shape index (κ1) is 14.8. The third-order valence-corrected chi connectivity index (χ3v) is 3.30. The third kappa shape index (κ3) is 3.93. The first-order valence-corrected chi connectivity index (χ1v) is 6.81. The van der Waals surface area contributed by atoms with Gasteiger partial charge < -0.3 is 9.58 Å². The van der Waals surface area contributed by atoms with Crippen LogP contribution in [0.1, 0.15) is 24.0 Å². The lowest BCUT2D eigenvalue weighted by molar-refractivity contribution is -0.118. The summed E-state index contributed by atoms with van der Waals surface area (Å²) in [6, 6.07) is 17.3. The van der Waals surface area contributed by atoms with Gasteiger partial charge in [-0.15, -0.1) is 0 Å². The minimum absolute atomic E-state index is 0.0123. The molecule has 0 aliphatic carbocycles. The van der Waals surface area contributed by atoms with Gasteiger partial charge in [0.2, 0.25) is 6.54 Å². The van der Waals surface area contributed by atoms with E-state index in [1.807, 2.05) is 54.6 Å². The Morgan fingerprint density at radius 2 is 1.81 bits per heavy atom. The zero-order valence-corrected chi connectivity index (χ0v) is 12.0. The summed E-state index contributed by atoms with van der Waals surface area (Å²) in [5.74, 6) is 0.237. The van der Waals surface area contributed by atoms with Crippen molar-refractivity contribution in [2.24, 2.45) is 0 Å². The van der Waals surface area contributed by atoms with Crippen molar-refractivity contribution in [2.45, 2.75) is 19.4 Å². The minimum atomic E-state index is -0.422. The molecule has 0 aromatic heterocycles. The molecule has 2 aromatic carbocycles. The van der Waals surface area contributed by atoms with Gasteiger partial charge in [-0.2, -0.15) is 0 Å². The maximum absolute atomic E-state index is 11.8. The Kier molecular flexibility index (Phi) is 5.11. The highest BCUT2D eigenvalue weighted by Crippen LogP contribution is 2.28. The van der Waals surface area contributed by atoms with Crippen LogP contribution >= 0.6 is 0 Å². The second-order valence-corrected chi connectivity index (χ2v) is 4.82. The molecular weight excluding hydrogens is 262 g/mol. The number of ether oxygens (including phenoxy) is 1. The number of nitrogens with zero attached hydrogens (tertiary/aromatic N) is 1. The molecule has 0 aliphatic rings. The average Bonchev–Trinajstić information content (AvgIpc) is 2.52. The van der Waals surface area contributed by atoms with Gasteiger partial charge in [0.1, 0.15) is 24.1 Å². The number of ketones is 1. The third-order valence-electron chi connectivity index (χ3n) is 3.30. The molecule has 3 heteroatoms. The standard InChI is InChI=1S/C18H17NO2/c1-14(20)17(12-19-2)16-10-6-7-11-18(16)21-13-15-8-4-3-5-9-15/h3-11,17H,12-13H2,1H3/t17-/m0/s1. The van der Waals surface area contributed by atoms with Gasteiger partial charge in [-0.1, -0.05) is 48.5 Å². The fourth-order valence-electron chi connectivity index (χ4n) is 2.17. The fourth-order valence-corrected chi connectivity index (χ4v) is 2.17. The van der Waals surface area contributed by atoms with E-state index in [-0.39, 0.29) is 12.3 Å². The summed E-state index contributed by atoms with van der Waals surface area (Å²) in [7, 11) is 0. The molecule has 0 spiro atoms. The Morgan fingerprint density at radius 1 is 1.14 bits per heavy atom. The van der Waals surface area contributed by atoms with Crippen molar-refractivity contribution >= 4 is 5.78 Å². The van der Waals surface area contributed by atoms with E-state index in [1.165, 1.54) is 6.92 Å². The van der Waals surface area contributed by atoms with E-state index >= 15 is 0 Å². The molecule has 2 rings (SSSR count). The van der Waals surface area contributed by atoms with Crippen molar-refractivity contribution in [1.82, 2.24) is 0 Å². The lowest BCUT2D eigenvalue weighted by Crippen LogP contribution is -2.13. The van der Waals surface area contributed by atoms with E-state index in [0.29, 0.717) is 12.4 Å². The van der Waals surface area contributed by atoms with Gasteiger partial charge in [0.25, 0.3) is 0 Å². The van der Waals surface area contributed by atoms with Crippen molar-refractivity contribution in [1.29, 1.82) is 0 Å². The Morgan fingerprint density at radius 3 is 2.48 bits per heavy atom. The van der Waals surface area contributed by atoms with Crippen LogP contribution in [0.25, 0.3) is 4.85 Å². The molecule has 0 aliphatic heterocycles. The molecule has 0 fully saturated rings. The van der Waals surface area contributed by atoms with Gasteiger partial charge in [-0.3, -0.25) is 4.79 Å². The van der Waals surface area contributed by atoms with E-state index < -0.39 is 5.92 Å². The highest BCUT2D eigenvalue weighted by molar-refractivity contribution is 5.84. The van der Waals surface area contributed by atoms with Crippen LogP contribution < -0.4 is 4.74 Å². The van der Waals surface area contributed by atoms with Crippen LogP contribution in [0, 0.1) is 6.57 Å². The summed E-state index contributed by atoms with van der Waals surface area (Å²) < 4.78 is 5.85. The number of hydrogen-bond donors (Lipinski definition) is 0. The number of benzene rings is 2. The minimum Gasteiger partial charge on any atom is -0.489 e. The van der Waals surface area contributed by atoms with Crippen LogP contribution in [0.5, 0.6) is 5.75 Å². The molecule has 3 nitrogen and oxygen atoms in total. The molecule has 0 bridgehead atoms. The molecule has 0 amide bonds. The van der Waals surface area contributed by atoms with E-state index in [0.717, 1.165) is 11.1 Å². The maximum Gasteiger partial charge on any atom is 0.228 e. The Bertz CT molecular complexity index is 644. The summed E-state index contributed by atoms with van der Waals surface area (Å²) >= 11 is 0. The van der Waals surface area contributed by atoms with Crippen molar-refractivity contribution in [2.75, 3.05) is 6.54 Å². The number of hydrogen-bond acceptors (Lipinski definition) is 2. The molecule has 0 unspecified atom stereocenters. The summed E-state index contributed by atoms with van der Waals surface area (Å²) in [4.78, 5) is 15.1. The largest absolute Gasteiger partial charge is 0.489 e. The van der Waals surface area contributed by atoms with Crippen molar-refractivity contribution in [3.05, 3.63) is 77.1 Å². The number of Topliss-reactive ketones (excluding diaryl/α,β-unsaturated/α-hetero) is 1. The molecule has 106 valence electrons. The van der Waals surface area contributed by atoms with E-state index in [2.05, 4.69) is 4.85 Å². The predicted octanol–water partition coefficient (Wildman–Crippen LogP) is 3.86. The zero-order valence-electron chi connectivity index (χ0n) is 12.0. The quantitative estimate of drug-likeness (QED) is 0.752. The Hall–Kier alpha value is -2.60. The molecule has 1 atom stereocenters. The highest BCUT2D eigenvalue weighted by atomic mass is 16.5. The van der Waals surface area contributed by atoms with Crippen molar-refractivity contribution < 1.29 is 9.53 Å². The van der Waals surface area contributed by atoms with Crippen molar-refractivity contribution in [3.8, 4) is 5.75 Å². The molecule has 0 saturated carbocycles.